The Morgan fingerprint density at radius 3 is 2.70 bits per heavy atom. The number of piperidine rings is 1. The Bertz CT molecular complexity index is 403. The van der Waals surface area contributed by atoms with Gasteiger partial charge in [0.1, 0.15) is 6.04 Å². The average Bonchev–Trinajstić information content (AvgIpc) is 3.01. The number of amides is 2. The molecule has 2 N–H and O–H groups in total. The van der Waals surface area contributed by atoms with Gasteiger partial charge in [-0.05, 0) is 37.8 Å². The first kappa shape index (κ1) is 20.6. The van der Waals surface area contributed by atoms with Gasteiger partial charge in [-0.15, -0.1) is 24.2 Å². The number of nitrogens with zero attached hydrogens (tertiary/aromatic N) is 1. The normalized spacial score (nSPS) is 23.2. The van der Waals surface area contributed by atoms with Gasteiger partial charge in [0.2, 0.25) is 11.8 Å². The highest BCUT2D eigenvalue weighted by Crippen LogP contribution is 2.27. The summed E-state index contributed by atoms with van der Waals surface area (Å²) in [6.07, 6.45) is 4.65. The highest BCUT2D eigenvalue weighted by Gasteiger charge is 2.35. The van der Waals surface area contributed by atoms with Crippen molar-refractivity contribution in [3.63, 3.8) is 0 Å². The summed E-state index contributed by atoms with van der Waals surface area (Å²) in [7, 11) is 0. The van der Waals surface area contributed by atoms with Gasteiger partial charge in [0.25, 0.3) is 0 Å². The number of carbonyl (C=O) groups is 2. The first-order valence-electron chi connectivity index (χ1n) is 8.41. The molecule has 2 rings (SSSR count). The predicted octanol–water partition coefficient (Wildman–Crippen LogP) is 2.01. The van der Waals surface area contributed by atoms with Crippen LogP contribution in [0.2, 0.25) is 0 Å². The summed E-state index contributed by atoms with van der Waals surface area (Å²) in [6.45, 7) is 7.07. The molecule has 2 aliphatic rings. The molecule has 134 valence electrons. The molecule has 2 amide bonds. The number of carbonyl (C=O) groups excluding carboxylic acids is 2. The second-order valence-corrected chi connectivity index (χ2v) is 7.76. The van der Waals surface area contributed by atoms with Crippen molar-refractivity contribution >= 4 is 36.0 Å². The second kappa shape index (κ2) is 9.74. The van der Waals surface area contributed by atoms with E-state index in [1.165, 1.54) is 0 Å². The van der Waals surface area contributed by atoms with Gasteiger partial charge in [-0.3, -0.25) is 9.59 Å². The molecule has 1 unspecified atom stereocenters. The molecule has 0 bridgehead atoms. The van der Waals surface area contributed by atoms with Gasteiger partial charge in [-0.2, -0.15) is 0 Å². The molecule has 0 spiro atoms. The molecular formula is C16H30ClN3O2S. The van der Waals surface area contributed by atoms with Crippen LogP contribution in [0.5, 0.6) is 0 Å². The molecule has 7 heteroatoms. The van der Waals surface area contributed by atoms with Crippen LogP contribution in [0, 0.1) is 5.41 Å². The number of nitrogens with one attached hydrogen (secondary N) is 2. The fourth-order valence-corrected chi connectivity index (χ4v) is 4.18. The number of hydrogen-bond acceptors (Lipinski definition) is 4. The van der Waals surface area contributed by atoms with Gasteiger partial charge in [0.15, 0.2) is 0 Å². The number of thioether (sulfide) groups is 1. The van der Waals surface area contributed by atoms with E-state index >= 15 is 0 Å². The maximum Gasteiger partial charge on any atom is 0.243 e. The van der Waals surface area contributed by atoms with Crippen LogP contribution in [0.15, 0.2) is 0 Å². The maximum atomic E-state index is 12.5. The van der Waals surface area contributed by atoms with Crippen LogP contribution in [0.1, 0.15) is 46.0 Å². The molecule has 2 saturated heterocycles. The topological polar surface area (TPSA) is 61.4 Å². The predicted molar refractivity (Wildman–Crippen MR) is 98.0 cm³/mol. The van der Waals surface area contributed by atoms with Crippen molar-refractivity contribution in [1.29, 1.82) is 0 Å². The summed E-state index contributed by atoms with van der Waals surface area (Å²) >= 11 is 1.68. The fourth-order valence-electron chi connectivity index (χ4n) is 3.00. The quantitative estimate of drug-likeness (QED) is 0.757. The van der Waals surface area contributed by atoms with E-state index < -0.39 is 0 Å². The van der Waals surface area contributed by atoms with E-state index in [-0.39, 0.29) is 35.7 Å². The summed E-state index contributed by atoms with van der Waals surface area (Å²) < 4.78 is 0. The van der Waals surface area contributed by atoms with E-state index in [1.807, 2.05) is 0 Å². The summed E-state index contributed by atoms with van der Waals surface area (Å²) in [5.41, 5.74) is 0.184. The van der Waals surface area contributed by atoms with Crippen LogP contribution in [0.25, 0.3) is 0 Å². The third kappa shape index (κ3) is 5.84. The minimum Gasteiger partial charge on any atom is -0.354 e. The SMILES string of the molecule is CCCCC(=O)N1CSCC1C(=O)NCC1(C)CCNCC1.Cl. The van der Waals surface area contributed by atoms with E-state index in [1.54, 1.807) is 16.7 Å². The molecule has 2 fully saturated rings. The van der Waals surface area contributed by atoms with Crippen molar-refractivity contribution < 1.29 is 9.59 Å². The molecule has 23 heavy (non-hydrogen) atoms. The van der Waals surface area contributed by atoms with Crippen molar-refractivity contribution in [3.05, 3.63) is 0 Å². The Morgan fingerprint density at radius 2 is 2.04 bits per heavy atom. The fraction of sp³-hybridized carbons (Fsp3) is 0.875. The summed E-state index contributed by atoms with van der Waals surface area (Å²) in [5, 5.41) is 6.46. The molecule has 0 radical (unpaired) electrons. The summed E-state index contributed by atoms with van der Waals surface area (Å²) in [5.74, 6) is 1.53. The summed E-state index contributed by atoms with van der Waals surface area (Å²) in [6, 6.07) is -0.278. The number of unbranched alkanes of at least 4 members (excludes halogenated alkanes) is 1. The molecule has 2 aliphatic heterocycles. The Morgan fingerprint density at radius 1 is 1.35 bits per heavy atom. The van der Waals surface area contributed by atoms with Gasteiger partial charge in [-0.25, -0.2) is 0 Å². The minimum atomic E-state index is -0.278. The van der Waals surface area contributed by atoms with Crippen molar-refractivity contribution in [1.82, 2.24) is 15.5 Å². The molecule has 5 nitrogen and oxygen atoms in total. The molecule has 0 aliphatic carbocycles. The van der Waals surface area contributed by atoms with Gasteiger partial charge in [0.05, 0.1) is 5.88 Å². The monoisotopic (exact) mass is 363 g/mol. The molecule has 0 aromatic carbocycles. The molecule has 0 aromatic heterocycles. The van der Waals surface area contributed by atoms with Crippen LogP contribution in [0.4, 0.5) is 0 Å². The third-order valence-electron chi connectivity index (χ3n) is 4.75. The van der Waals surface area contributed by atoms with Gasteiger partial charge in [-0.1, -0.05) is 20.3 Å². The lowest BCUT2D eigenvalue weighted by molar-refractivity contribution is -0.138. The zero-order valence-corrected chi connectivity index (χ0v) is 15.9. The van der Waals surface area contributed by atoms with Crippen molar-refractivity contribution in [2.45, 2.75) is 52.0 Å². The van der Waals surface area contributed by atoms with E-state index in [4.69, 9.17) is 0 Å². The van der Waals surface area contributed by atoms with E-state index in [9.17, 15) is 9.59 Å². The molecular weight excluding hydrogens is 334 g/mol. The number of halogens is 1. The lowest BCUT2D eigenvalue weighted by Crippen LogP contribution is -2.50. The zero-order chi connectivity index (χ0) is 16.0. The first-order valence-corrected chi connectivity index (χ1v) is 9.57. The lowest BCUT2D eigenvalue weighted by atomic mass is 9.81. The third-order valence-corrected chi connectivity index (χ3v) is 5.76. The van der Waals surface area contributed by atoms with Crippen molar-refractivity contribution in [3.8, 4) is 0 Å². The van der Waals surface area contributed by atoms with Gasteiger partial charge >= 0.3 is 0 Å². The lowest BCUT2D eigenvalue weighted by Gasteiger charge is -2.34. The smallest absolute Gasteiger partial charge is 0.243 e. The van der Waals surface area contributed by atoms with E-state index in [2.05, 4.69) is 24.5 Å². The Kier molecular flexibility index (Phi) is 8.72. The Labute approximate surface area is 150 Å². The largest absolute Gasteiger partial charge is 0.354 e. The maximum absolute atomic E-state index is 12.5. The van der Waals surface area contributed by atoms with E-state index in [0.29, 0.717) is 18.8 Å². The van der Waals surface area contributed by atoms with Crippen LogP contribution < -0.4 is 10.6 Å². The number of hydrogen-bond donors (Lipinski definition) is 2. The Hall–Kier alpha value is -0.460. The molecule has 1 atom stereocenters. The summed E-state index contributed by atoms with van der Waals surface area (Å²) in [4.78, 5) is 26.5. The van der Waals surface area contributed by atoms with E-state index in [0.717, 1.165) is 44.5 Å². The van der Waals surface area contributed by atoms with Crippen molar-refractivity contribution in [2.24, 2.45) is 5.41 Å². The highest BCUT2D eigenvalue weighted by molar-refractivity contribution is 7.99. The first-order chi connectivity index (χ1) is 10.6. The van der Waals surface area contributed by atoms with Crippen LogP contribution in [0.3, 0.4) is 0 Å². The van der Waals surface area contributed by atoms with Crippen molar-refractivity contribution in [2.75, 3.05) is 31.3 Å². The molecule has 0 saturated carbocycles. The minimum absolute atomic E-state index is 0. The number of rotatable bonds is 6. The molecule has 2 heterocycles. The zero-order valence-electron chi connectivity index (χ0n) is 14.2. The standard InChI is InChI=1S/C16H29N3O2S.ClH/c1-3-4-5-14(20)19-12-22-10-13(19)15(21)18-11-16(2)6-8-17-9-7-16;/h13,17H,3-12H2,1-2H3,(H,18,21);1H. The van der Waals surface area contributed by atoms with Gasteiger partial charge < -0.3 is 15.5 Å². The second-order valence-electron chi connectivity index (χ2n) is 6.76. The average molecular weight is 364 g/mol. The highest BCUT2D eigenvalue weighted by atomic mass is 35.5. The van der Waals surface area contributed by atoms with Crippen LogP contribution >= 0.6 is 24.2 Å². The van der Waals surface area contributed by atoms with Crippen LogP contribution in [-0.4, -0.2) is 54.0 Å². The molecule has 0 aromatic rings. The Balaban J connectivity index is 0.00000264. The van der Waals surface area contributed by atoms with Gasteiger partial charge in [0, 0.05) is 18.7 Å². The van der Waals surface area contributed by atoms with Crippen LogP contribution in [-0.2, 0) is 9.59 Å².